The maximum absolute atomic E-state index is 6.04. The van der Waals surface area contributed by atoms with E-state index in [1.165, 1.54) is 6.42 Å². The van der Waals surface area contributed by atoms with Gasteiger partial charge in [0.05, 0.1) is 12.2 Å². The lowest BCUT2D eigenvalue weighted by Crippen LogP contribution is -2.51. The summed E-state index contributed by atoms with van der Waals surface area (Å²) in [7, 11) is 2.14. The van der Waals surface area contributed by atoms with E-state index < -0.39 is 0 Å². The maximum atomic E-state index is 6.04. The highest BCUT2D eigenvalue weighted by molar-refractivity contribution is 4.80. The third-order valence-corrected chi connectivity index (χ3v) is 2.71. The van der Waals surface area contributed by atoms with Crippen molar-refractivity contribution in [3.05, 3.63) is 0 Å². The first-order valence-electron chi connectivity index (χ1n) is 5.74. The molecule has 0 radical (unpaired) electrons. The van der Waals surface area contributed by atoms with E-state index in [1.54, 1.807) is 0 Å². The zero-order valence-electron chi connectivity index (χ0n) is 10.3. The topological polar surface area (TPSA) is 12.5 Å². The summed E-state index contributed by atoms with van der Waals surface area (Å²) >= 11 is 0. The lowest BCUT2D eigenvalue weighted by Gasteiger charge is -2.39. The maximum Gasteiger partial charge on any atom is 0.0832 e. The Morgan fingerprint density at radius 2 is 1.93 bits per heavy atom. The molecule has 0 saturated carbocycles. The molecule has 0 spiro atoms. The lowest BCUT2D eigenvalue weighted by atomic mass is 9.88. The third kappa shape index (κ3) is 3.97. The Balaban J connectivity index is 2.25. The van der Waals surface area contributed by atoms with E-state index in [1.807, 2.05) is 0 Å². The standard InChI is InChI=1S/C12H25NO/c1-6-10(7-12(2,3)4)14-11-8-13(5)9-11/h10-11H,6-9H2,1-5H3/t10-/m0/s1. The van der Waals surface area contributed by atoms with Crippen LogP contribution in [0.4, 0.5) is 0 Å². The Morgan fingerprint density at radius 3 is 2.29 bits per heavy atom. The van der Waals surface area contributed by atoms with E-state index in [4.69, 9.17) is 4.74 Å². The van der Waals surface area contributed by atoms with Gasteiger partial charge in [0.1, 0.15) is 0 Å². The van der Waals surface area contributed by atoms with Crippen molar-refractivity contribution in [1.29, 1.82) is 0 Å². The number of likely N-dealkylation sites (N-methyl/N-ethyl adjacent to an activating group) is 1. The molecule has 0 aliphatic carbocycles. The summed E-state index contributed by atoms with van der Waals surface area (Å²) in [6.07, 6.45) is 3.25. The smallest absolute Gasteiger partial charge is 0.0832 e. The first kappa shape index (κ1) is 12.0. The third-order valence-electron chi connectivity index (χ3n) is 2.71. The Bertz CT molecular complexity index is 168. The molecule has 1 rings (SSSR count). The van der Waals surface area contributed by atoms with Gasteiger partial charge < -0.3 is 9.64 Å². The number of likely N-dealkylation sites (tertiary alicyclic amines) is 1. The molecule has 1 atom stereocenters. The van der Waals surface area contributed by atoms with Crippen LogP contribution in [0, 0.1) is 5.41 Å². The molecule has 2 heteroatoms. The molecule has 0 amide bonds. The minimum absolute atomic E-state index is 0.385. The van der Waals surface area contributed by atoms with Gasteiger partial charge in [-0.2, -0.15) is 0 Å². The molecule has 1 saturated heterocycles. The van der Waals surface area contributed by atoms with Crippen molar-refractivity contribution in [2.24, 2.45) is 5.41 Å². The van der Waals surface area contributed by atoms with Gasteiger partial charge in [0.15, 0.2) is 0 Å². The highest BCUT2D eigenvalue weighted by Crippen LogP contribution is 2.25. The number of nitrogens with zero attached hydrogens (tertiary/aromatic N) is 1. The van der Waals surface area contributed by atoms with Gasteiger partial charge in [-0.05, 0) is 25.3 Å². The van der Waals surface area contributed by atoms with Crippen LogP contribution >= 0.6 is 0 Å². The largest absolute Gasteiger partial charge is 0.372 e. The SMILES string of the molecule is CC[C@@H](CC(C)(C)C)OC1CN(C)C1. The van der Waals surface area contributed by atoms with Crippen molar-refractivity contribution < 1.29 is 4.74 Å². The van der Waals surface area contributed by atoms with Gasteiger partial charge in [-0.15, -0.1) is 0 Å². The minimum Gasteiger partial charge on any atom is -0.372 e. The summed E-state index contributed by atoms with van der Waals surface area (Å²) in [5.74, 6) is 0. The van der Waals surface area contributed by atoms with Crippen molar-refractivity contribution in [3.8, 4) is 0 Å². The summed E-state index contributed by atoms with van der Waals surface area (Å²) in [6, 6.07) is 0. The first-order valence-corrected chi connectivity index (χ1v) is 5.74. The van der Waals surface area contributed by atoms with Crippen molar-refractivity contribution in [2.75, 3.05) is 20.1 Å². The number of hydrogen-bond donors (Lipinski definition) is 0. The van der Waals surface area contributed by atoms with Crippen LogP contribution in [0.1, 0.15) is 40.5 Å². The van der Waals surface area contributed by atoms with E-state index in [-0.39, 0.29) is 0 Å². The summed E-state index contributed by atoms with van der Waals surface area (Å²) in [5.41, 5.74) is 0.385. The normalized spacial score (nSPS) is 22.1. The Kier molecular flexibility index (Phi) is 3.96. The van der Waals surface area contributed by atoms with E-state index in [2.05, 4.69) is 39.6 Å². The highest BCUT2D eigenvalue weighted by atomic mass is 16.5. The minimum atomic E-state index is 0.385. The van der Waals surface area contributed by atoms with Crippen LogP contribution in [0.3, 0.4) is 0 Å². The molecule has 84 valence electrons. The second-order valence-corrected chi connectivity index (χ2v) is 5.77. The van der Waals surface area contributed by atoms with Crippen LogP contribution in [0.25, 0.3) is 0 Å². The average Bonchev–Trinajstić information content (AvgIpc) is 1.97. The number of hydrogen-bond acceptors (Lipinski definition) is 2. The Morgan fingerprint density at radius 1 is 1.36 bits per heavy atom. The second kappa shape index (κ2) is 4.63. The summed E-state index contributed by atoms with van der Waals surface area (Å²) in [5, 5.41) is 0. The van der Waals surface area contributed by atoms with E-state index in [9.17, 15) is 0 Å². The second-order valence-electron chi connectivity index (χ2n) is 5.77. The molecule has 1 aliphatic rings. The molecular formula is C12H25NO. The van der Waals surface area contributed by atoms with Crippen LogP contribution in [0.5, 0.6) is 0 Å². The summed E-state index contributed by atoms with van der Waals surface area (Å²) < 4.78 is 6.04. The van der Waals surface area contributed by atoms with Crippen LogP contribution in [0.2, 0.25) is 0 Å². The van der Waals surface area contributed by atoms with Gasteiger partial charge in [-0.3, -0.25) is 0 Å². The van der Waals surface area contributed by atoms with Crippen LogP contribution in [-0.4, -0.2) is 37.2 Å². The molecule has 0 unspecified atom stereocenters. The van der Waals surface area contributed by atoms with Crippen molar-refractivity contribution >= 4 is 0 Å². The molecule has 1 aliphatic heterocycles. The fraction of sp³-hybridized carbons (Fsp3) is 1.00. The number of rotatable bonds is 4. The van der Waals surface area contributed by atoms with Gasteiger partial charge in [0.25, 0.3) is 0 Å². The van der Waals surface area contributed by atoms with Crippen LogP contribution in [-0.2, 0) is 4.74 Å². The van der Waals surface area contributed by atoms with Crippen molar-refractivity contribution in [3.63, 3.8) is 0 Å². The van der Waals surface area contributed by atoms with Gasteiger partial charge in [-0.1, -0.05) is 27.7 Å². The predicted octanol–water partition coefficient (Wildman–Crippen LogP) is 2.53. The molecule has 0 bridgehead atoms. The van der Waals surface area contributed by atoms with Crippen LogP contribution in [0.15, 0.2) is 0 Å². The van der Waals surface area contributed by atoms with Gasteiger partial charge >= 0.3 is 0 Å². The Hall–Kier alpha value is -0.0800. The van der Waals surface area contributed by atoms with Gasteiger partial charge in [0, 0.05) is 13.1 Å². The summed E-state index contributed by atoms with van der Waals surface area (Å²) in [4.78, 5) is 2.30. The molecule has 1 heterocycles. The fourth-order valence-corrected chi connectivity index (χ4v) is 1.97. The molecule has 2 nitrogen and oxygen atoms in total. The quantitative estimate of drug-likeness (QED) is 0.690. The monoisotopic (exact) mass is 199 g/mol. The van der Waals surface area contributed by atoms with Gasteiger partial charge in [0.2, 0.25) is 0 Å². The van der Waals surface area contributed by atoms with Crippen LogP contribution < -0.4 is 0 Å². The molecule has 14 heavy (non-hydrogen) atoms. The zero-order chi connectivity index (χ0) is 10.8. The highest BCUT2D eigenvalue weighted by Gasteiger charge is 2.28. The molecule has 1 fully saturated rings. The average molecular weight is 199 g/mol. The molecule has 0 aromatic carbocycles. The van der Waals surface area contributed by atoms with Crippen molar-refractivity contribution in [2.45, 2.75) is 52.7 Å². The zero-order valence-corrected chi connectivity index (χ0v) is 10.3. The number of ether oxygens (including phenoxy) is 1. The summed E-state index contributed by atoms with van der Waals surface area (Å²) in [6.45, 7) is 11.3. The van der Waals surface area contributed by atoms with Crippen molar-refractivity contribution in [1.82, 2.24) is 4.90 Å². The van der Waals surface area contributed by atoms with Gasteiger partial charge in [-0.25, -0.2) is 0 Å². The predicted molar refractivity (Wildman–Crippen MR) is 60.5 cm³/mol. The molecule has 0 aromatic rings. The molecule has 0 aromatic heterocycles. The Labute approximate surface area is 88.6 Å². The fourth-order valence-electron chi connectivity index (χ4n) is 1.97. The molecule has 0 N–H and O–H groups in total. The molecular weight excluding hydrogens is 174 g/mol. The lowest BCUT2D eigenvalue weighted by molar-refractivity contribution is -0.0949. The van der Waals surface area contributed by atoms with E-state index in [0.29, 0.717) is 17.6 Å². The van der Waals surface area contributed by atoms with E-state index in [0.717, 1.165) is 19.5 Å². The van der Waals surface area contributed by atoms with E-state index >= 15 is 0 Å². The first-order chi connectivity index (χ1) is 6.40.